The van der Waals surface area contributed by atoms with E-state index < -0.39 is 12.0 Å². The summed E-state index contributed by atoms with van der Waals surface area (Å²) in [6.45, 7) is 4.67. The van der Waals surface area contributed by atoms with Crippen LogP contribution in [0.15, 0.2) is 54.6 Å². The molecule has 4 N–H and O–H groups in total. The first-order valence-electron chi connectivity index (χ1n) is 8.87. The Hall–Kier alpha value is -2.17. The van der Waals surface area contributed by atoms with Gasteiger partial charge in [0, 0.05) is 24.1 Å². The second-order valence-corrected chi connectivity index (χ2v) is 6.53. The highest BCUT2D eigenvalue weighted by Gasteiger charge is 2.25. The molecular weight excluding hydrogens is 312 g/mol. The van der Waals surface area contributed by atoms with Crippen molar-refractivity contribution in [2.24, 2.45) is 5.73 Å². The summed E-state index contributed by atoms with van der Waals surface area (Å²) in [4.78, 5) is 11.8. The molecular formula is C21H28N2O2. The minimum absolute atomic E-state index is 0.206. The molecule has 0 radical (unpaired) electrons. The van der Waals surface area contributed by atoms with Crippen LogP contribution < -0.4 is 11.1 Å². The van der Waals surface area contributed by atoms with Crippen molar-refractivity contribution in [2.75, 3.05) is 6.54 Å². The molecule has 2 rings (SSSR count). The molecule has 0 saturated carbocycles. The third-order valence-corrected chi connectivity index (χ3v) is 4.68. The van der Waals surface area contributed by atoms with E-state index in [1.807, 2.05) is 42.5 Å². The number of carbonyl (C=O) groups is 1. The second-order valence-electron chi connectivity index (χ2n) is 6.53. The predicted octanol–water partition coefficient (Wildman–Crippen LogP) is 2.86. The van der Waals surface area contributed by atoms with Crippen molar-refractivity contribution in [1.29, 1.82) is 0 Å². The van der Waals surface area contributed by atoms with Crippen molar-refractivity contribution in [2.45, 2.75) is 44.8 Å². The smallest absolute Gasteiger partial charge is 0.248 e. The Labute approximate surface area is 150 Å². The molecule has 0 fully saturated rings. The van der Waals surface area contributed by atoms with Gasteiger partial charge >= 0.3 is 0 Å². The Bertz CT molecular complexity index is 673. The van der Waals surface area contributed by atoms with Crippen LogP contribution in [0.25, 0.3) is 0 Å². The van der Waals surface area contributed by atoms with Crippen LogP contribution in [-0.4, -0.2) is 29.7 Å². The van der Waals surface area contributed by atoms with E-state index in [1.54, 1.807) is 12.1 Å². The topological polar surface area (TPSA) is 75.3 Å². The Balaban J connectivity index is 2.30. The summed E-state index contributed by atoms with van der Waals surface area (Å²) in [6, 6.07) is 17.6. The molecule has 4 nitrogen and oxygen atoms in total. The van der Waals surface area contributed by atoms with Crippen molar-refractivity contribution in [3.8, 4) is 0 Å². The molecule has 1 unspecified atom stereocenters. The average molecular weight is 340 g/mol. The number of carbonyl (C=O) groups excluding carboxylic acids is 1. The Morgan fingerprint density at radius 3 is 2.40 bits per heavy atom. The first-order valence-corrected chi connectivity index (χ1v) is 8.87. The van der Waals surface area contributed by atoms with Gasteiger partial charge in [-0.15, -0.1) is 0 Å². The van der Waals surface area contributed by atoms with Gasteiger partial charge in [-0.3, -0.25) is 4.79 Å². The maximum absolute atomic E-state index is 11.8. The number of aliphatic hydroxyl groups excluding tert-OH is 1. The molecule has 0 saturated heterocycles. The third-order valence-electron chi connectivity index (χ3n) is 4.68. The fourth-order valence-corrected chi connectivity index (χ4v) is 2.97. The van der Waals surface area contributed by atoms with Crippen LogP contribution in [0.1, 0.15) is 47.7 Å². The minimum atomic E-state index is -0.616. The molecule has 134 valence electrons. The van der Waals surface area contributed by atoms with Gasteiger partial charge in [0.05, 0.1) is 6.10 Å². The van der Waals surface area contributed by atoms with Crippen molar-refractivity contribution in [1.82, 2.24) is 5.32 Å². The zero-order chi connectivity index (χ0) is 18.2. The number of nitrogens with two attached hydrogens (primary N) is 1. The highest BCUT2D eigenvalue weighted by atomic mass is 16.3. The van der Waals surface area contributed by atoms with E-state index in [1.165, 1.54) is 0 Å². The molecule has 0 bridgehead atoms. The van der Waals surface area contributed by atoms with Crippen molar-refractivity contribution in [3.63, 3.8) is 0 Å². The summed E-state index contributed by atoms with van der Waals surface area (Å²) in [5.41, 5.74) is 7.95. The van der Waals surface area contributed by atoms with Gasteiger partial charge in [0.2, 0.25) is 5.91 Å². The third kappa shape index (κ3) is 5.41. The molecule has 0 aromatic heterocycles. The van der Waals surface area contributed by atoms with Gasteiger partial charge < -0.3 is 16.2 Å². The lowest BCUT2D eigenvalue weighted by atomic mass is 9.84. The zero-order valence-electron chi connectivity index (χ0n) is 15.0. The fraction of sp³-hybridized carbons (Fsp3) is 0.381. The largest absolute Gasteiger partial charge is 0.391 e. The first-order chi connectivity index (χ1) is 12.0. The number of nitrogens with one attached hydrogen (secondary N) is 1. The van der Waals surface area contributed by atoms with E-state index >= 15 is 0 Å². The van der Waals surface area contributed by atoms with E-state index in [9.17, 15) is 9.90 Å². The standard InChI is InChI=1S/C21H28N2O2/c1-3-15(2)23-14-20(24)19(13-16-9-5-4-6-10-16)17-11-7-8-12-18(17)21(22)25/h4-12,15,19-20,23-24H,3,13-14H2,1-2H3,(H2,22,25)/t15?,19-,20-/m0/s1. The summed E-state index contributed by atoms with van der Waals surface area (Å²) in [5.74, 6) is -0.668. The van der Waals surface area contributed by atoms with Crippen LogP contribution in [0, 0.1) is 0 Å². The minimum Gasteiger partial charge on any atom is -0.391 e. The Morgan fingerprint density at radius 1 is 1.12 bits per heavy atom. The van der Waals surface area contributed by atoms with E-state index in [-0.39, 0.29) is 5.92 Å². The van der Waals surface area contributed by atoms with Gasteiger partial charge in [0.1, 0.15) is 0 Å². The number of primary amides is 1. The maximum atomic E-state index is 11.8. The Morgan fingerprint density at radius 2 is 1.76 bits per heavy atom. The van der Waals surface area contributed by atoms with Crippen LogP contribution in [0.4, 0.5) is 0 Å². The highest BCUT2D eigenvalue weighted by Crippen LogP contribution is 2.27. The van der Waals surface area contributed by atoms with Crippen LogP contribution in [-0.2, 0) is 6.42 Å². The van der Waals surface area contributed by atoms with Crippen LogP contribution >= 0.6 is 0 Å². The Kier molecular flexibility index (Phi) is 7.16. The summed E-state index contributed by atoms with van der Waals surface area (Å²) < 4.78 is 0. The number of amides is 1. The highest BCUT2D eigenvalue weighted by molar-refractivity contribution is 5.94. The molecule has 0 aliphatic carbocycles. The number of rotatable bonds is 9. The normalized spacial score (nSPS) is 14.7. The second kappa shape index (κ2) is 9.35. The molecule has 2 aromatic carbocycles. The van der Waals surface area contributed by atoms with Crippen molar-refractivity contribution in [3.05, 3.63) is 71.3 Å². The van der Waals surface area contributed by atoms with Crippen molar-refractivity contribution < 1.29 is 9.90 Å². The van der Waals surface area contributed by atoms with E-state index in [0.717, 1.165) is 17.5 Å². The van der Waals surface area contributed by atoms with Gasteiger partial charge in [-0.05, 0) is 37.0 Å². The summed E-state index contributed by atoms with van der Waals surface area (Å²) >= 11 is 0. The molecule has 0 spiro atoms. The fourth-order valence-electron chi connectivity index (χ4n) is 2.97. The number of benzene rings is 2. The molecule has 25 heavy (non-hydrogen) atoms. The lowest BCUT2D eigenvalue weighted by molar-refractivity contribution is 0.0995. The van der Waals surface area contributed by atoms with Gasteiger partial charge in [-0.1, -0.05) is 55.5 Å². The quantitative estimate of drug-likeness (QED) is 0.657. The summed E-state index contributed by atoms with van der Waals surface area (Å²) in [6.07, 6.45) is 1.03. The van der Waals surface area contributed by atoms with Crippen LogP contribution in [0.5, 0.6) is 0 Å². The maximum Gasteiger partial charge on any atom is 0.248 e. The molecule has 0 heterocycles. The van der Waals surface area contributed by atoms with E-state index in [2.05, 4.69) is 19.2 Å². The van der Waals surface area contributed by atoms with E-state index in [4.69, 9.17) is 5.73 Å². The first kappa shape index (κ1) is 19.2. The molecule has 0 aliphatic heterocycles. The number of hydrogen-bond donors (Lipinski definition) is 3. The molecule has 2 aromatic rings. The number of aliphatic hydroxyl groups is 1. The monoisotopic (exact) mass is 340 g/mol. The van der Waals surface area contributed by atoms with Gasteiger partial charge in [-0.2, -0.15) is 0 Å². The lowest BCUT2D eigenvalue weighted by Crippen LogP contribution is -2.37. The van der Waals surface area contributed by atoms with Gasteiger partial charge in [0.15, 0.2) is 0 Å². The van der Waals surface area contributed by atoms with Gasteiger partial charge in [0.25, 0.3) is 0 Å². The molecule has 1 amide bonds. The van der Waals surface area contributed by atoms with Gasteiger partial charge in [-0.25, -0.2) is 0 Å². The lowest BCUT2D eigenvalue weighted by Gasteiger charge is -2.26. The SMILES string of the molecule is CCC(C)NC[C@H](O)[C@@H](Cc1ccccc1)c1ccccc1C(N)=O. The predicted molar refractivity (Wildman–Crippen MR) is 102 cm³/mol. The summed E-state index contributed by atoms with van der Waals surface area (Å²) in [7, 11) is 0. The van der Waals surface area contributed by atoms with E-state index in [0.29, 0.717) is 24.6 Å². The van der Waals surface area contributed by atoms with Crippen molar-refractivity contribution >= 4 is 5.91 Å². The van der Waals surface area contributed by atoms with Crippen LogP contribution in [0.2, 0.25) is 0 Å². The molecule has 0 aliphatic rings. The van der Waals surface area contributed by atoms with Crippen LogP contribution in [0.3, 0.4) is 0 Å². The zero-order valence-corrected chi connectivity index (χ0v) is 15.0. The molecule has 3 atom stereocenters. The number of hydrogen-bond acceptors (Lipinski definition) is 3. The average Bonchev–Trinajstić information content (AvgIpc) is 2.64. The molecule has 4 heteroatoms. The summed E-state index contributed by atoms with van der Waals surface area (Å²) in [5, 5.41) is 14.2.